The molecule has 0 aromatic heterocycles. The van der Waals surface area contributed by atoms with Crippen molar-refractivity contribution < 1.29 is 40.8 Å². The molecule has 0 fully saturated rings. The van der Waals surface area contributed by atoms with E-state index in [-0.39, 0.29) is 16.5 Å². The summed E-state index contributed by atoms with van der Waals surface area (Å²) in [6.45, 7) is 1.61. The number of halogens is 3. The van der Waals surface area contributed by atoms with Crippen LogP contribution in [0.2, 0.25) is 0 Å². The molecule has 2 aromatic rings. The number of carbonyl (C=O) groups excluding carboxylic acids is 2. The quantitative estimate of drug-likeness (QED) is 0.221. The molecule has 0 aliphatic heterocycles. The van der Waals surface area contributed by atoms with Crippen LogP contribution in [0.15, 0.2) is 36.4 Å². The minimum atomic E-state index is -5.99. The van der Waals surface area contributed by atoms with E-state index in [1.165, 1.54) is 30.3 Å². The highest BCUT2D eigenvalue weighted by Gasteiger charge is 2.54. The van der Waals surface area contributed by atoms with E-state index in [4.69, 9.17) is 9.29 Å². The summed E-state index contributed by atoms with van der Waals surface area (Å²) in [5.41, 5.74) is 0. The second kappa shape index (κ2) is 7.40. The van der Waals surface area contributed by atoms with Crippen molar-refractivity contribution in [2.24, 2.45) is 0 Å². The van der Waals surface area contributed by atoms with Crippen molar-refractivity contribution in [2.45, 2.75) is 16.1 Å². The van der Waals surface area contributed by atoms with Crippen LogP contribution in [-0.4, -0.2) is 34.1 Å². The fourth-order valence-electron chi connectivity index (χ4n) is 1.88. The normalized spacial score (nSPS) is 13.3. The molecule has 0 bridgehead atoms. The van der Waals surface area contributed by atoms with Crippen LogP contribution in [-0.2, 0) is 19.7 Å². The molecule has 140 valence electrons. The predicted molar refractivity (Wildman–Crippen MR) is 95.2 cm³/mol. The maximum atomic E-state index is 13.4. The van der Waals surface area contributed by atoms with Crippen molar-refractivity contribution >= 4 is 55.4 Å². The highest BCUT2D eigenvalue weighted by molar-refractivity contribution is 14.1. The van der Waals surface area contributed by atoms with Gasteiger partial charge in [0.25, 0.3) is 0 Å². The molecule has 0 aliphatic rings. The van der Waals surface area contributed by atoms with Crippen LogP contribution in [0.5, 0.6) is 11.5 Å². The van der Waals surface area contributed by atoms with Gasteiger partial charge in [-0.3, -0.25) is 9.35 Å². The number of ether oxygens (including phenoxy) is 2. The van der Waals surface area contributed by atoms with Gasteiger partial charge in [-0.05, 0) is 19.1 Å². The first-order valence-corrected chi connectivity index (χ1v) is 9.58. The highest BCUT2D eigenvalue weighted by Crippen LogP contribution is 2.34. The number of alkyl halides is 3. The van der Waals surface area contributed by atoms with Crippen LogP contribution in [0.4, 0.5) is 8.78 Å². The van der Waals surface area contributed by atoms with Crippen molar-refractivity contribution in [1.82, 2.24) is 0 Å². The zero-order chi connectivity index (χ0) is 19.7. The number of carbonyl (C=O) groups is 2. The third-order valence-electron chi connectivity index (χ3n) is 3.14. The Hall–Kier alpha value is -1.86. The number of rotatable bonds is 5. The second-order valence-electron chi connectivity index (χ2n) is 5.03. The average Bonchev–Trinajstić information content (AvgIpc) is 2.54. The lowest BCUT2D eigenvalue weighted by Crippen LogP contribution is -2.40. The Bertz CT molecular complexity index is 973. The second-order valence-corrected chi connectivity index (χ2v) is 8.36. The molecule has 1 unspecified atom stereocenters. The third-order valence-corrected chi connectivity index (χ3v) is 4.46. The Labute approximate surface area is 160 Å². The van der Waals surface area contributed by atoms with Gasteiger partial charge >= 0.3 is 27.3 Å². The minimum absolute atomic E-state index is 0.107. The largest absolute Gasteiger partial charge is 0.466 e. The van der Waals surface area contributed by atoms with Gasteiger partial charge < -0.3 is 9.47 Å². The van der Waals surface area contributed by atoms with Crippen molar-refractivity contribution in [3.05, 3.63) is 36.4 Å². The monoisotopic (exact) mass is 500 g/mol. The van der Waals surface area contributed by atoms with Crippen LogP contribution in [0.25, 0.3) is 10.8 Å². The molecule has 1 N–H and O–H groups in total. The van der Waals surface area contributed by atoms with E-state index in [1.54, 1.807) is 6.92 Å². The molecule has 2 rings (SSSR count). The number of benzene rings is 2. The zero-order valence-electron chi connectivity index (χ0n) is 13.0. The summed E-state index contributed by atoms with van der Waals surface area (Å²) in [6, 6.07) is 8.26. The van der Waals surface area contributed by atoms with E-state index in [1.807, 2.05) is 22.6 Å². The standard InChI is InChI=1S/C15H11F2IO7S/c1-8(18)13(19)24-11-6-2-5-10-9(11)4-3-7-12(10)25-14(20)15(16,17)26(21,22)23/h2-8H,1H3,(H,21,22,23). The fraction of sp³-hybridized carbons (Fsp3) is 0.200. The molecular weight excluding hydrogens is 489 g/mol. The number of hydrogen-bond acceptors (Lipinski definition) is 6. The average molecular weight is 500 g/mol. The van der Waals surface area contributed by atoms with Gasteiger partial charge in [-0.15, -0.1) is 0 Å². The van der Waals surface area contributed by atoms with Gasteiger partial charge in [-0.1, -0.05) is 46.9 Å². The maximum absolute atomic E-state index is 13.4. The van der Waals surface area contributed by atoms with E-state index in [2.05, 4.69) is 4.74 Å². The Morgan fingerprint density at radius 3 is 1.96 bits per heavy atom. The molecule has 1 atom stereocenters. The number of hydrogen-bond donors (Lipinski definition) is 1. The summed E-state index contributed by atoms with van der Waals surface area (Å²) in [6.07, 6.45) is 0. The molecule has 0 amide bonds. The molecule has 0 radical (unpaired) electrons. The molecule has 0 aliphatic carbocycles. The van der Waals surface area contributed by atoms with Crippen molar-refractivity contribution in [3.63, 3.8) is 0 Å². The summed E-state index contributed by atoms with van der Waals surface area (Å²) >= 11 is 1.85. The lowest BCUT2D eigenvalue weighted by Gasteiger charge is -2.14. The molecule has 2 aromatic carbocycles. The Kier molecular flexibility index (Phi) is 5.82. The Morgan fingerprint density at radius 1 is 1.08 bits per heavy atom. The smallest absolute Gasteiger partial charge is 0.425 e. The van der Waals surface area contributed by atoms with Crippen LogP contribution in [0, 0.1) is 0 Å². The first-order chi connectivity index (χ1) is 11.9. The third kappa shape index (κ3) is 4.10. The molecule has 26 heavy (non-hydrogen) atoms. The SMILES string of the molecule is CC(I)C(=O)Oc1cccc2c(OC(=O)C(F)(F)S(=O)(=O)O)cccc12. The first-order valence-electron chi connectivity index (χ1n) is 6.90. The lowest BCUT2D eigenvalue weighted by atomic mass is 10.1. The van der Waals surface area contributed by atoms with Crippen molar-refractivity contribution in [1.29, 1.82) is 0 Å². The van der Waals surface area contributed by atoms with E-state index >= 15 is 0 Å². The van der Waals surface area contributed by atoms with Crippen LogP contribution in [0.3, 0.4) is 0 Å². The number of fused-ring (bicyclic) bond motifs is 1. The molecule has 0 saturated heterocycles. The van der Waals surface area contributed by atoms with Gasteiger partial charge in [0.2, 0.25) is 0 Å². The summed E-state index contributed by atoms with van der Waals surface area (Å²) in [5.74, 6) is -3.29. The topological polar surface area (TPSA) is 107 Å². The summed E-state index contributed by atoms with van der Waals surface area (Å²) in [5, 5.41) is -4.73. The van der Waals surface area contributed by atoms with Gasteiger partial charge in [-0.2, -0.15) is 17.2 Å². The van der Waals surface area contributed by atoms with Gasteiger partial charge in [0.1, 0.15) is 15.4 Å². The summed E-state index contributed by atoms with van der Waals surface area (Å²) in [7, 11) is -5.99. The molecule has 11 heteroatoms. The molecule has 0 saturated carbocycles. The van der Waals surface area contributed by atoms with Crippen molar-refractivity contribution in [3.8, 4) is 11.5 Å². The van der Waals surface area contributed by atoms with Gasteiger partial charge in [0.05, 0.1) is 0 Å². The molecule has 7 nitrogen and oxygen atoms in total. The van der Waals surface area contributed by atoms with Gasteiger partial charge in [-0.25, -0.2) is 4.79 Å². The van der Waals surface area contributed by atoms with E-state index in [9.17, 15) is 26.8 Å². The van der Waals surface area contributed by atoms with Gasteiger partial charge in [0.15, 0.2) is 0 Å². The van der Waals surface area contributed by atoms with E-state index in [0.29, 0.717) is 0 Å². The zero-order valence-corrected chi connectivity index (χ0v) is 16.0. The van der Waals surface area contributed by atoms with Crippen LogP contribution >= 0.6 is 22.6 Å². The fourth-order valence-corrected chi connectivity index (χ4v) is 2.26. The van der Waals surface area contributed by atoms with Gasteiger partial charge in [0, 0.05) is 10.8 Å². The Morgan fingerprint density at radius 2 is 1.54 bits per heavy atom. The Balaban J connectivity index is 2.45. The molecule has 0 heterocycles. The van der Waals surface area contributed by atoms with E-state index in [0.717, 1.165) is 6.07 Å². The lowest BCUT2D eigenvalue weighted by molar-refractivity contribution is -0.151. The van der Waals surface area contributed by atoms with E-state index < -0.39 is 37.0 Å². The minimum Gasteiger partial charge on any atom is -0.425 e. The highest BCUT2D eigenvalue weighted by atomic mass is 127. The van der Waals surface area contributed by atoms with Crippen molar-refractivity contribution in [2.75, 3.05) is 0 Å². The summed E-state index contributed by atoms with van der Waals surface area (Å²) in [4.78, 5) is 23.2. The molecular formula is C15H11F2IO7S. The maximum Gasteiger partial charge on any atom is 0.466 e. The number of esters is 2. The predicted octanol–water partition coefficient (Wildman–Crippen LogP) is 2.95. The van der Waals surface area contributed by atoms with Crippen LogP contribution < -0.4 is 9.47 Å². The van der Waals surface area contributed by atoms with Crippen LogP contribution in [0.1, 0.15) is 6.92 Å². The molecule has 0 spiro atoms. The summed E-state index contributed by atoms with van der Waals surface area (Å²) < 4.78 is 65.7. The first kappa shape index (κ1) is 20.5.